The van der Waals surface area contributed by atoms with Gasteiger partial charge < -0.3 is 4.90 Å². The largest absolute Gasteiger partial charge is 0.315 e. The second kappa shape index (κ2) is 4.75. The van der Waals surface area contributed by atoms with Gasteiger partial charge in [-0.15, -0.1) is 0 Å². The third-order valence-electron chi connectivity index (χ3n) is 3.92. The van der Waals surface area contributed by atoms with Gasteiger partial charge in [0.25, 0.3) is 0 Å². The van der Waals surface area contributed by atoms with Gasteiger partial charge in [0.1, 0.15) is 0 Å². The van der Waals surface area contributed by atoms with Crippen LogP contribution in [0.3, 0.4) is 0 Å². The van der Waals surface area contributed by atoms with Crippen molar-refractivity contribution in [3.8, 4) is 11.1 Å². The highest BCUT2D eigenvalue weighted by Crippen LogP contribution is 2.32. The molecule has 3 heteroatoms. The van der Waals surface area contributed by atoms with Gasteiger partial charge in [-0.2, -0.15) is 0 Å². The van der Waals surface area contributed by atoms with Gasteiger partial charge in [-0.25, -0.2) is 0 Å². The van der Waals surface area contributed by atoms with E-state index in [4.69, 9.17) is 0 Å². The molecule has 0 bridgehead atoms. The molecule has 0 N–H and O–H groups in total. The van der Waals surface area contributed by atoms with Crippen molar-refractivity contribution in [3.05, 3.63) is 47.8 Å². The summed E-state index contributed by atoms with van der Waals surface area (Å²) in [7, 11) is 1.83. The van der Waals surface area contributed by atoms with Gasteiger partial charge in [0.05, 0.1) is 6.42 Å². The van der Waals surface area contributed by atoms with E-state index in [-0.39, 0.29) is 5.91 Å². The molecular weight excluding hydrogens is 248 g/mol. The summed E-state index contributed by atoms with van der Waals surface area (Å²) in [5.41, 5.74) is 5.59. The molecule has 2 heterocycles. The van der Waals surface area contributed by atoms with Crippen molar-refractivity contribution < 1.29 is 4.79 Å². The van der Waals surface area contributed by atoms with Crippen LogP contribution >= 0.6 is 0 Å². The van der Waals surface area contributed by atoms with Crippen molar-refractivity contribution in [1.29, 1.82) is 0 Å². The van der Waals surface area contributed by atoms with Gasteiger partial charge in [0, 0.05) is 30.7 Å². The van der Waals surface area contributed by atoms with Gasteiger partial charge in [-0.3, -0.25) is 9.78 Å². The summed E-state index contributed by atoms with van der Waals surface area (Å²) in [6.45, 7) is 4.33. The Kier molecular flexibility index (Phi) is 3.05. The molecule has 0 saturated carbocycles. The number of aromatic nitrogens is 1. The molecule has 0 radical (unpaired) electrons. The number of benzene rings is 1. The Bertz CT molecular complexity index is 676. The molecule has 1 aromatic heterocycles. The summed E-state index contributed by atoms with van der Waals surface area (Å²) >= 11 is 0. The average molecular weight is 266 g/mol. The van der Waals surface area contributed by atoms with Crippen LogP contribution in [0.1, 0.15) is 30.9 Å². The number of likely N-dealkylation sites (N-methyl/N-ethyl adjacent to an activating group) is 1. The number of amides is 1. The number of carbonyl (C=O) groups is 1. The molecule has 1 aliphatic heterocycles. The minimum Gasteiger partial charge on any atom is -0.315 e. The van der Waals surface area contributed by atoms with E-state index in [1.165, 1.54) is 5.56 Å². The highest BCUT2D eigenvalue weighted by atomic mass is 16.2. The van der Waals surface area contributed by atoms with Crippen LogP contribution in [0.5, 0.6) is 0 Å². The molecule has 1 aromatic carbocycles. The lowest BCUT2D eigenvalue weighted by Gasteiger charge is -2.11. The summed E-state index contributed by atoms with van der Waals surface area (Å²) in [6, 6.07) is 8.38. The monoisotopic (exact) mass is 266 g/mol. The SMILES string of the molecule is CC(C)c1cncc(-c2ccc3c(c2)CC(=O)N3C)c1. The lowest BCUT2D eigenvalue weighted by atomic mass is 9.98. The molecule has 0 saturated heterocycles. The van der Waals surface area contributed by atoms with Gasteiger partial charge in [0.15, 0.2) is 0 Å². The van der Waals surface area contributed by atoms with Crippen LogP contribution in [-0.2, 0) is 11.2 Å². The van der Waals surface area contributed by atoms with Crippen LogP contribution < -0.4 is 4.90 Å². The molecule has 0 unspecified atom stereocenters. The number of nitrogens with zero attached hydrogens (tertiary/aromatic N) is 2. The minimum atomic E-state index is 0.159. The second-order valence-corrected chi connectivity index (χ2v) is 5.63. The van der Waals surface area contributed by atoms with E-state index < -0.39 is 0 Å². The Morgan fingerprint density at radius 1 is 1.15 bits per heavy atom. The van der Waals surface area contributed by atoms with E-state index in [0.717, 1.165) is 22.4 Å². The molecule has 0 aliphatic carbocycles. The molecule has 1 amide bonds. The van der Waals surface area contributed by atoms with E-state index in [1.807, 2.05) is 25.5 Å². The first kappa shape index (κ1) is 12.9. The van der Waals surface area contributed by atoms with E-state index in [1.54, 1.807) is 4.90 Å². The smallest absolute Gasteiger partial charge is 0.231 e. The maximum atomic E-state index is 11.7. The van der Waals surface area contributed by atoms with Crippen molar-refractivity contribution in [2.24, 2.45) is 0 Å². The summed E-state index contributed by atoms with van der Waals surface area (Å²) in [6.07, 6.45) is 4.30. The first-order valence-corrected chi connectivity index (χ1v) is 6.91. The van der Waals surface area contributed by atoms with Crippen LogP contribution in [0.4, 0.5) is 5.69 Å². The van der Waals surface area contributed by atoms with Crippen LogP contribution in [0.2, 0.25) is 0 Å². The first-order chi connectivity index (χ1) is 9.56. The zero-order chi connectivity index (χ0) is 14.3. The molecule has 102 valence electrons. The molecule has 2 aromatic rings. The quantitative estimate of drug-likeness (QED) is 0.834. The third kappa shape index (κ3) is 2.09. The molecule has 3 rings (SSSR count). The minimum absolute atomic E-state index is 0.159. The first-order valence-electron chi connectivity index (χ1n) is 6.91. The number of fused-ring (bicyclic) bond motifs is 1. The highest BCUT2D eigenvalue weighted by Gasteiger charge is 2.23. The normalized spacial score (nSPS) is 14.0. The molecule has 0 atom stereocenters. The topological polar surface area (TPSA) is 33.2 Å². The predicted molar refractivity (Wildman–Crippen MR) is 80.9 cm³/mol. The van der Waals surface area contributed by atoms with Gasteiger partial charge in [0.2, 0.25) is 5.91 Å². The van der Waals surface area contributed by atoms with Crippen molar-refractivity contribution in [1.82, 2.24) is 4.98 Å². The lowest BCUT2D eigenvalue weighted by Crippen LogP contribution is -2.20. The number of pyridine rings is 1. The maximum absolute atomic E-state index is 11.7. The van der Waals surface area contributed by atoms with Crippen LogP contribution in [0.25, 0.3) is 11.1 Å². The predicted octanol–water partition coefficient (Wildman–Crippen LogP) is 3.39. The number of hydrogen-bond acceptors (Lipinski definition) is 2. The summed E-state index contributed by atoms with van der Waals surface area (Å²) in [5.74, 6) is 0.621. The molecule has 3 nitrogen and oxygen atoms in total. The standard InChI is InChI=1S/C17H18N2O/c1-11(2)14-7-15(10-18-9-14)12-4-5-16-13(6-12)8-17(20)19(16)3/h4-7,9-11H,8H2,1-3H3. The Morgan fingerprint density at radius 2 is 1.95 bits per heavy atom. The second-order valence-electron chi connectivity index (χ2n) is 5.63. The van der Waals surface area contributed by atoms with E-state index in [0.29, 0.717) is 12.3 Å². The van der Waals surface area contributed by atoms with Gasteiger partial charge in [-0.05, 0) is 40.8 Å². The Morgan fingerprint density at radius 3 is 2.70 bits per heavy atom. The molecular formula is C17H18N2O. The van der Waals surface area contributed by atoms with Gasteiger partial charge >= 0.3 is 0 Å². The van der Waals surface area contributed by atoms with Crippen LogP contribution in [-0.4, -0.2) is 17.9 Å². The summed E-state index contributed by atoms with van der Waals surface area (Å²) < 4.78 is 0. The fraction of sp³-hybridized carbons (Fsp3) is 0.294. The highest BCUT2D eigenvalue weighted by molar-refractivity contribution is 6.01. The van der Waals surface area contributed by atoms with Crippen molar-refractivity contribution in [2.75, 3.05) is 11.9 Å². The van der Waals surface area contributed by atoms with E-state index in [2.05, 4.69) is 37.0 Å². The van der Waals surface area contributed by atoms with Crippen molar-refractivity contribution in [2.45, 2.75) is 26.2 Å². The summed E-state index contributed by atoms with van der Waals surface area (Å²) in [4.78, 5) is 17.8. The lowest BCUT2D eigenvalue weighted by molar-refractivity contribution is -0.117. The average Bonchev–Trinajstić information content (AvgIpc) is 2.74. The maximum Gasteiger partial charge on any atom is 0.231 e. The van der Waals surface area contributed by atoms with E-state index in [9.17, 15) is 4.79 Å². The zero-order valence-electron chi connectivity index (χ0n) is 12.1. The number of anilines is 1. The summed E-state index contributed by atoms with van der Waals surface area (Å²) in [5, 5.41) is 0. The Balaban J connectivity index is 2.02. The van der Waals surface area contributed by atoms with Crippen LogP contribution in [0.15, 0.2) is 36.7 Å². The number of carbonyl (C=O) groups excluding carboxylic acids is 1. The molecule has 1 aliphatic rings. The van der Waals surface area contributed by atoms with Crippen molar-refractivity contribution >= 4 is 11.6 Å². The molecule has 0 spiro atoms. The Hall–Kier alpha value is -2.16. The fourth-order valence-electron chi connectivity index (χ4n) is 2.58. The number of hydrogen-bond donors (Lipinski definition) is 0. The van der Waals surface area contributed by atoms with Gasteiger partial charge in [-0.1, -0.05) is 19.9 Å². The zero-order valence-corrected chi connectivity index (χ0v) is 12.1. The van der Waals surface area contributed by atoms with Crippen molar-refractivity contribution in [3.63, 3.8) is 0 Å². The Labute approximate surface area is 119 Å². The van der Waals surface area contributed by atoms with E-state index >= 15 is 0 Å². The fourth-order valence-corrected chi connectivity index (χ4v) is 2.58. The molecule has 0 fully saturated rings. The molecule has 20 heavy (non-hydrogen) atoms. The number of rotatable bonds is 2. The van der Waals surface area contributed by atoms with Crippen LogP contribution in [0, 0.1) is 0 Å². The third-order valence-corrected chi connectivity index (χ3v) is 3.92.